The van der Waals surface area contributed by atoms with E-state index < -0.39 is 0 Å². The van der Waals surface area contributed by atoms with Crippen molar-refractivity contribution < 1.29 is 9.13 Å². The van der Waals surface area contributed by atoms with Crippen molar-refractivity contribution >= 4 is 0 Å². The number of methoxy groups -OCH3 is 1. The Morgan fingerprint density at radius 3 is 2.65 bits per heavy atom. The van der Waals surface area contributed by atoms with Gasteiger partial charge in [-0.1, -0.05) is 30.3 Å². The molecule has 3 nitrogen and oxygen atoms in total. The highest BCUT2D eigenvalue weighted by Crippen LogP contribution is 2.28. The summed E-state index contributed by atoms with van der Waals surface area (Å²) in [7, 11) is 1.62. The third-order valence-corrected chi connectivity index (χ3v) is 3.35. The van der Waals surface area contributed by atoms with Crippen molar-refractivity contribution in [1.29, 1.82) is 0 Å². The predicted octanol–water partition coefficient (Wildman–Crippen LogP) is 2.89. The molecule has 0 amide bonds. The summed E-state index contributed by atoms with van der Waals surface area (Å²) in [6.45, 7) is 1.99. The lowest BCUT2D eigenvalue weighted by atomic mass is 9.97. The summed E-state index contributed by atoms with van der Waals surface area (Å²) in [6.07, 6.45) is 0.461. The lowest BCUT2D eigenvalue weighted by Crippen LogP contribution is -2.30. The zero-order chi connectivity index (χ0) is 14.5. The molecule has 0 aromatic heterocycles. The summed E-state index contributed by atoms with van der Waals surface area (Å²) < 4.78 is 19.1. The van der Waals surface area contributed by atoms with Crippen LogP contribution >= 0.6 is 0 Å². The van der Waals surface area contributed by atoms with E-state index in [1.54, 1.807) is 19.2 Å². The molecule has 0 saturated carbocycles. The molecule has 0 bridgehead atoms. The molecular formula is C16H19FN2O. The van der Waals surface area contributed by atoms with Gasteiger partial charge in [-0.25, -0.2) is 4.39 Å². The summed E-state index contributed by atoms with van der Waals surface area (Å²) >= 11 is 0. The van der Waals surface area contributed by atoms with Gasteiger partial charge in [-0.15, -0.1) is 0 Å². The van der Waals surface area contributed by atoms with Gasteiger partial charge in [0.15, 0.2) is 0 Å². The molecular weight excluding hydrogens is 255 g/mol. The van der Waals surface area contributed by atoms with Gasteiger partial charge >= 0.3 is 0 Å². The zero-order valence-electron chi connectivity index (χ0n) is 11.7. The maximum Gasteiger partial charge on any atom is 0.126 e. The number of nitrogens with one attached hydrogen (secondary N) is 1. The summed E-state index contributed by atoms with van der Waals surface area (Å²) in [6, 6.07) is 12.4. The van der Waals surface area contributed by atoms with Crippen molar-refractivity contribution in [2.24, 2.45) is 5.84 Å². The van der Waals surface area contributed by atoms with E-state index in [2.05, 4.69) is 5.43 Å². The highest BCUT2D eigenvalue weighted by molar-refractivity contribution is 5.40. The van der Waals surface area contributed by atoms with E-state index in [9.17, 15) is 4.39 Å². The van der Waals surface area contributed by atoms with Gasteiger partial charge in [-0.2, -0.15) is 0 Å². The van der Waals surface area contributed by atoms with Crippen molar-refractivity contribution in [3.63, 3.8) is 0 Å². The van der Waals surface area contributed by atoms with E-state index in [-0.39, 0.29) is 11.9 Å². The number of halogens is 1. The second kappa shape index (κ2) is 6.50. The molecule has 0 fully saturated rings. The number of nitrogens with two attached hydrogens (primary N) is 1. The topological polar surface area (TPSA) is 47.3 Å². The number of hydrogen-bond donors (Lipinski definition) is 2. The second-order valence-corrected chi connectivity index (χ2v) is 4.76. The Labute approximate surface area is 118 Å². The highest BCUT2D eigenvalue weighted by atomic mass is 19.1. The average Bonchev–Trinajstić information content (AvgIpc) is 2.46. The molecule has 0 saturated heterocycles. The van der Waals surface area contributed by atoms with E-state index in [0.717, 1.165) is 16.9 Å². The van der Waals surface area contributed by atoms with Crippen LogP contribution in [0.2, 0.25) is 0 Å². The highest BCUT2D eigenvalue weighted by Gasteiger charge is 2.17. The van der Waals surface area contributed by atoms with Crippen molar-refractivity contribution in [3.8, 4) is 5.75 Å². The lowest BCUT2D eigenvalue weighted by molar-refractivity contribution is 0.398. The van der Waals surface area contributed by atoms with Gasteiger partial charge in [0.1, 0.15) is 11.6 Å². The number of benzene rings is 2. The minimum Gasteiger partial charge on any atom is -0.496 e. The number of rotatable bonds is 5. The van der Waals surface area contributed by atoms with Gasteiger partial charge in [0.25, 0.3) is 0 Å². The molecule has 2 aromatic rings. The first kappa shape index (κ1) is 14.5. The van der Waals surface area contributed by atoms with Crippen LogP contribution in [0.4, 0.5) is 4.39 Å². The molecule has 1 atom stereocenters. The second-order valence-electron chi connectivity index (χ2n) is 4.76. The fourth-order valence-electron chi connectivity index (χ4n) is 2.25. The fraction of sp³-hybridized carbons (Fsp3) is 0.250. The molecule has 0 radical (unpaired) electrons. The van der Waals surface area contributed by atoms with Crippen molar-refractivity contribution in [2.45, 2.75) is 19.4 Å². The Morgan fingerprint density at radius 2 is 2.00 bits per heavy atom. The lowest BCUT2D eigenvalue weighted by Gasteiger charge is -2.20. The summed E-state index contributed by atoms with van der Waals surface area (Å²) in [5.41, 5.74) is 5.39. The Kier molecular flexibility index (Phi) is 4.71. The predicted molar refractivity (Wildman–Crippen MR) is 77.9 cm³/mol. The van der Waals surface area contributed by atoms with E-state index in [1.165, 1.54) is 6.07 Å². The van der Waals surface area contributed by atoms with E-state index in [0.29, 0.717) is 12.0 Å². The first-order chi connectivity index (χ1) is 9.65. The van der Waals surface area contributed by atoms with Crippen LogP contribution in [0.1, 0.15) is 22.7 Å². The van der Waals surface area contributed by atoms with Gasteiger partial charge in [-0.3, -0.25) is 11.3 Å². The minimum absolute atomic E-state index is 0.206. The van der Waals surface area contributed by atoms with Crippen LogP contribution in [0.15, 0.2) is 42.5 Å². The molecule has 0 heterocycles. The molecule has 0 spiro atoms. The van der Waals surface area contributed by atoms with Crippen LogP contribution in [0, 0.1) is 12.7 Å². The zero-order valence-corrected chi connectivity index (χ0v) is 11.7. The van der Waals surface area contributed by atoms with Gasteiger partial charge in [0.2, 0.25) is 0 Å². The molecule has 4 heteroatoms. The molecule has 0 aliphatic heterocycles. The van der Waals surface area contributed by atoms with E-state index in [1.807, 2.05) is 31.2 Å². The third kappa shape index (κ3) is 3.15. The smallest absolute Gasteiger partial charge is 0.126 e. The average molecular weight is 274 g/mol. The normalized spacial score (nSPS) is 12.2. The van der Waals surface area contributed by atoms with Crippen molar-refractivity contribution in [3.05, 3.63) is 65.0 Å². The Bertz CT molecular complexity index is 586. The monoisotopic (exact) mass is 274 g/mol. The first-order valence-corrected chi connectivity index (χ1v) is 6.49. The maximum absolute atomic E-state index is 13.7. The SMILES string of the molecule is COc1cc(C)ccc1C(Cc1ccccc1F)NN. The van der Waals surface area contributed by atoms with E-state index >= 15 is 0 Å². The Hall–Kier alpha value is -1.91. The van der Waals surface area contributed by atoms with Crippen LogP contribution in [0.25, 0.3) is 0 Å². The van der Waals surface area contributed by atoms with Gasteiger partial charge in [0, 0.05) is 5.56 Å². The van der Waals surface area contributed by atoms with Crippen LogP contribution in [0.3, 0.4) is 0 Å². The third-order valence-electron chi connectivity index (χ3n) is 3.35. The van der Waals surface area contributed by atoms with Crippen molar-refractivity contribution in [2.75, 3.05) is 7.11 Å². The standard InChI is InChI=1S/C16H19FN2O/c1-11-7-8-13(16(9-11)20-2)15(19-18)10-12-5-3-4-6-14(12)17/h3-9,15,19H,10,18H2,1-2H3. The Morgan fingerprint density at radius 1 is 1.25 bits per heavy atom. The fourth-order valence-corrected chi connectivity index (χ4v) is 2.25. The Balaban J connectivity index is 2.31. The summed E-state index contributed by atoms with van der Waals surface area (Å²) in [4.78, 5) is 0. The number of aryl methyl sites for hydroxylation is 1. The summed E-state index contributed by atoms with van der Waals surface area (Å²) in [5.74, 6) is 6.17. The molecule has 2 rings (SSSR count). The summed E-state index contributed by atoms with van der Waals surface area (Å²) in [5, 5.41) is 0. The quantitative estimate of drug-likeness (QED) is 0.651. The molecule has 3 N–H and O–H groups in total. The van der Waals surface area contributed by atoms with Crippen LogP contribution in [0.5, 0.6) is 5.75 Å². The molecule has 106 valence electrons. The van der Waals surface area contributed by atoms with Crippen LogP contribution in [-0.4, -0.2) is 7.11 Å². The van der Waals surface area contributed by atoms with Crippen LogP contribution < -0.4 is 16.0 Å². The van der Waals surface area contributed by atoms with E-state index in [4.69, 9.17) is 10.6 Å². The van der Waals surface area contributed by atoms with Gasteiger partial charge in [-0.05, 0) is 36.6 Å². The number of ether oxygens (including phenoxy) is 1. The number of hydrazine groups is 1. The molecule has 20 heavy (non-hydrogen) atoms. The van der Waals surface area contributed by atoms with Gasteiger partial charge in [0.05, 0.1) is 13.2 Å². The first-order valence-electron chi connectivity index (χ1n) is 6.49. The van der Waals surface area contributed by atoms with Crippen LogP contribution in [-0.2, 0) is 6.42 Å². The molecule has 0 aliphatic carbocycles. The van der Waals surface area contributed by atoms with Crippen molar-refractivity contribution in [1.82, 2.24) is 5.43 Å². The molecule has 1 unspecified atom stereocenters. The molecule has 0 aliphatic rings. The molecule has 2 aromatic carbocycles. The minimum atomic E-state index is -0.223. The maximum atomic E-state index is 13.7. The largest absolute Gasteiger partial charge is 0.496 e. The van der Waals surface area contributed by atoms with Gasteiger partial charge < -0.3 is 4.74 Å². The number of hydrogen-bond acceptors (Lipinski definition) is 3.